The number of piperazine rings is 1. The van der Waals surface area contributed by atoms with Crippen molar-refractivity contribution < 1.29 is 4.79 Å². The molecule has 200 valence electrons. The molecule has 3 heterocycles. The van der Waals surface area contributed by atoms with E-state index in [1.165, 1.54) is 0 Å². The number of aromatic nitrogens is 2. The van der Waals surface area contributed by atoms with E-state index in [0.29, 0.717) is 25.2 Å². The Morgan fingerprint density at radius 2 is 1.69 bits per heavy atom. The number of rotatable bonds is 9. The van der Waals surface area contributed by atoms with Crippen LogP contribution in [0.25, 0.3) is 11.1 Å². The van der Waals surface area contributed by atoms with E-state index in [0.717, 1.165) is 66.5 Å². The summed E-state index contributed by atoms with van der Waals surface area (Å²) in [7, 11) is 0. The highest BCUT2D eigenvalue weighted by Crippen LogP contribution is 2.31. The molecule has 8 heteroatoms. The van der Waals surface area contributed by atoms with Gasteiger partial charge in [-0.1, -0.05) is 30.3 Å². The second kappa shape index (κ2) is 12.4. The number of amides is 1. The van der Waals surface area contributed by atoms with Crippen LogP contribution < -0.4 is 21.3 Å². The van der Waals surface area contributed by atoms with Gasteiger partial charge in [-0.2, -0.15) is 0 Å². The minimum Gasteiger partial charge on any atom is -0.397 e. The molecule has 0 bridgehead atoms. The second-order valence-electron chi connectivity index (χ2n) is 9.75. The summed E-state index contributed by atoms with van der Waals surface area (Å²) in [6.45, 7) is 5.19. The van der Waals surface area contributed by atoms with E-state index >= 15 is 0 Å². The van der Waals surface area contributed by atoms with Gasteiger partial charge in [-0.25, -0.2) is 4.98 Å². The van der Waals surface area contributed by atoms with Gasteiger partial charge < -0.3 is 26.2 Å². The lowest BCUT2D eigenvalue weighted by molar-refractivity contribution is 0.0742. The molecule has 1 aliphatic heterocycles. The van der Waals surface area contributed by atoms with E-state index in [1.54, 1.807) is 24.5 Å². The quantitative estimate of drug-likeness (QED) is 0.320. The minimum atomic E-state index is -0.0429. The SMILES string of the molecule is NCCCN(Cc1cccc(-c2ccc(N3CCN(c4ccccn4)CC3)c(N)c2)c1)C(=O)c1cccnc1. The molecule has 0 radical (unpaired) electrons. The number of anilines is 3. The molecule has 1 aliphatic rings. The molecule has 1 amide bonds. The molecule has 0 spiro atoms. The molecule has 1 saturated heterocycles. The summed E-state index contributed by atoms with van der Waals surface area (Å²) >= 11 is 0. The molecule has 4 N–H and O–H groups in total. The van der Waals surface area contributed by atoms with Gasteiger partial charge in [-0.15, -0.1) is 0 Å². The van der Waals surface area contributed by atoms with Crippen molar-refractivity contribution in [3.05, 3.63) is 103 Å². The van der Waals surface area contributed by atoms with Gasteiger partial charge in [0, 0.05) is 57.9 Å². The molecule has 39 heavy (non-hydrogen) atoms. The fourth-order valence-corrected chi connectivity index (χ4v) is 5.02. The van der Waals surface area contributed by atoms with Crippen LogP contribution >= 0.6 is 0 Å². The van der Waals surface area contributed by atoms with Crippen LogP contribution in [-0.4, -0.2) is 60.0 Å². The molecule has 0 atom stereocenters. The van der Waals surface area contributed by atoms with Crippen molar-refractivity contribution in [3.63, 3.8) is 0 Å². The van der Waals surface area contributed by atoms with E-state index in [-0.39, 0.29) is 5.91 Å². The van der Waals surface area contributed by atoms with Gasteiger partial charge in [0.25, 0.3) is 5.91 Å². The number of carbonyl (C=O) groups excluding carboxylic acids is 1. The lowest BCUT2D eigenvalue weighted by Crippen LogP contribution is -2.47. The molecular weight excluding hydrogens is 486 g/mol. The first-order valence-corrected chi connectivity index (χ1v) is 13.4. The third-order valence-electron chi connectivity index (χ3n) is 7.08. The van der Waals surface area contributed by atoms with Gasteiger partial charge in [0.15, 0.2) is 0 Å². The van der Waals surface area contributed by atoms with Crippen LogP contribution in [0.4, 0.5) is 17.2 Å². The molecule has 8 nitrogen and oxygen atoms in total. The Morgan fingerprint density at radius 1 is 0.872 bits per heavy atom. The second-order valence-corrected chi connectivity index (χ2v) is 9.75. The third-order valence-corrected chi connectivity index (χ3v) is 7.08. The van der Waals surface area contributed by atoms with Crippen LogP contribution in [0.3, 0.4) is 0 Å². The molecule has 4 aromatic rings. The average Bonchev–Trinajstić information content (AvgIpc) is 3.00. The zero-order valence-electron chi connectivity index (χ0n) is 22.1. The Morgan fingerprint density at radius 3 is 2.41 bits per heavy atom. The summed E-state index contributed by atoms with van der Waals surface area (Å²) in [5, 5.41) is 0. The normalized spacial score (nSPS) is 13.4. The van der Waals surface area contributed by atoms with E-state index in [4.69, 9.17) is 11.5 Å². The maximum atomic E-state index is 13.2. The smallest absolute Gasteiger partial charge is 0.255 e. The van der Waals surface area contributed by atoms with Crippen molar-refractivity contribution in [1.82, 2.24) is 14.9 Å². The van der Waals surface area contributed by atoms with Gasteiger partial charge in [0.05, 0.1) is 16.9 Å². The van der Waals surface area contributed by atoms with Crippen molar-refractivity contribution in [2.24, 2.45) is 5.73 Å². The van der Waals surface area contributed by atoms with Crippen molar-refractivity contribution in [1.29, 1.82) is 0 Å². The van der Waals surface area contributed by atoms with E-state index in [2.05, 4.69) is 50.1 Å². The van der Waals surface area contributed by atoms with Gasteiger partial charge in [-0.05, 0) is 72.1 Å². The Bertz CT molecular complexity index is 1370. The summed E-state index contributed by atoms with van der Waals surface area (Å²) in [6, 6.07) is 24.2. The van der Waals surface area contributed by atoms with Crippen LogP contribution in [0, 0.1) is 0 Å². The predicted octanol–water partition coefficient (Wildman–Crippen LogP) is 4.04. The maximum Gasteiger partial charge on any atom is 0.255 e. The van der Waals surface area contributed by atoms with Crippen LogP contribution in [0.15, 0.2) is 91.4 Å². The van der Waals surface area contributed by atoms with Crippen LogP contribution in [0.2, 0.25) is 0 Å². The molecule has 2 aromatic heterocycles. The van der Waals surface area contributed by atoms with Crippen molar-refractivity contribution in [2.45, 2.75) is 13.0 Å². The zero-order chi connectivity index (χ0) is 27.0. The van der Waals surface area contributed by atoms with Crippen molar-refractivity contribution in [2.75, 3.05) is 54.8 Å². The number of carbonyl (C=O) groups is 1. The maximum absolute atomic E-state index is 13.2. The van der Waals surface area contributed by atoms with Gasteiger partial charge in [0.1, 0.15) is 5.82 Å². The monoisotopic (exact) mass is 521 g/mol. The average molecular weight is 522 g/mol. The number of pyridine rings is 2. The summed E-state index contributed by atoms with van der Waals surface area (Å²) in [6.07, 6.45) is 5.85. The topological polar surface area (TPSA) is 105 Å². The van der Waals surface area contributed by atoms with Crippen LogP contribution in [-0.2, 0) is 6.54 Å². The number of nitrogens with zero attached hydrogens (tertiary/aromatic N) is 5. The standard InChI is InChI=1S/C31H35N7O/c32-12-5-15-38(31(39)27-8-4-13-34-22-27)23-24-6-3-7-25(20-24)26-10-11-29(28(33)21-26)36-16-18-37(19-17-36)30-9-1-2-14-35-30/h1-4,6-11,13-14,20-22H,5,12,15-19,23,32-33H2. The predicted molar refractivity (Wildman–Crippen MR) is 158 cm³/mol. The fraction of sp³-hybridized carbons (Fsp3) is 0.258. The van der Waals surface area contributed by atoms with Crippen molar-refractivity contribution >= 4 is 23.1 Å². The largest absolute Gasteiger partial charge is 0.397 e. The number of nitrogens with two attached hydrogens (primary N) is 2. The highest BCUT2D eigenvalue weighted by molar-refractivity contribution is 5.93. The molecule has 5 rings (SSSR count). The Labute approximate surface area is 229 Å². The van der Waals surface area contributed by atoms with Crippen LogP contribution in [0.1, 0.15) is 22.3 Å². The first kappa shape index (κ1) is 26.2. The first-order chi connectivity index (χ1) is 19.1. The van der Waals surface area contributed by atoms with Gasteiger partial charge >= 0.3 is 0 Å². The third kappa shape index (κ3) is 6.35. The molecule has 0 saturated carbocycles. The lowest BCUT2D eigenvalue weighted by Gasteiger charge is -2.37. The molecular formula is C31H35N7O. The Hall–Kier alpha value is -4.43. The van der Waals surface area contributed by atoms with Crippen LogP contribution in [0.5, 0.6) is 0 Å². The number of hydrogen-bond acceptors (Lipinski definition) is 7. The summed E-state index contributed by atoms with van der Waals surface area (Å²) in [4.78, 5) is 28.2. The van der Waals surface area contributed by atoms with E-state index < -0.39 is 0 Å². The molecule has 2 aromatic carbocycles. The van der Waals surface area contributed by atoms with Crippen molar-refractivity contribution in [3.8, 4) is 11.1 Å². The lowest BCUT2D eigenvalue weighted by atomic mass is 10.0. The number of nitrogen functional groups attached to an aromatic ring is 1. The first-order valence-electron chi connectivity index (χ1n) is 13.4. The highest BCUT2D eigenvalue weighted by Gasteiger charge is 2.20. The fourth-order valence-electron chi connectivity index (χ4n) is 5.02. The summed E-state index contributed by atoms with van der Waals surface area (Å²) in [5.41, 5.74) is 17.9. The van der Waals surface area contributed by atoms with E-state index in [1.807, 2.05) is 41.4 Å². The van der Waals surface area contributed by atoms with E-state index in [9.17, 15) is 4.79 Å². The minimum absolute atomic E-state index is 0.0429. The Balaban J connectivity index is 1.28. The summed E-state index contributed by atoms with van der Waals surface area (Å²) in [5.74, 6) is 0.975. The zero-order valence-corrected chi connectivity index (χ0v) is 22.1. The summed E-state index contributed by atoms with van der Waals surface area (Å²) < 4.78 is 0. The number of benzene rings is 2. The van der Waals surface area contributed by atoms with Gasteiger partial charge in [-0.3, -0.25) is 9.78 Å². The Kier molecular flexibility index (Phi) is 8.33. The molecule has 0 aliphatic carbocycles. The highest BCUT2D eigenvalue weighted by atomic mass is 16.2. The number of hydrogen-bond donors (Lipinski definition) is 2. The van der Waals surface area contributed by atoms with Gasteiger partial charge in [0.2, 0.25) is 0 Å². The molecule has 1 fully saturated rings. The molecule has 0 unspecified atom stereocenters.